The number of ether oxygens (including phenoxy) is 1. The van der Waals surface area contributed by atoms with Crippen LogP contribution >= 0.6 is 15.9 Å². The average molecular weight is 283 g/mol. The van der Waals surface area contributed by atoms with Gasteiger partial charge in [-0.05, 0) is 31.2 Å². The molecule has 0 radical (unpaired) electrons. The predicted molar refractivity (Wildman–Crippen MR) is 67.2 cm³/mol. The highest BCUT2D eigenvalue weighted by Crippen LogP contribution is 2.23. The van der Waals surface area contributed by atoms with Crippen LogP contribution in [0.15, 0.2) is 22.7 Å². The first-order valence-corrected chi connectivity index (χ1v) is 6.06. The van der Waals surface area contributed by atoms with Gasteiger partial charge in [-0.15, -0.1) is 0 Å². The first kappa shape index (κ1) is 13.0. The summed E-state index contributed by atoms with van der Waals surface area (Å²) in [6.45, 7) is 3.95. The largest absolute Gasteiger partial charge is 0.478 e. The quantitative estimate of drug-likeness (QED) is 0.816. The minimum Gasteiger partial charge on any atom is -0.478 e. The second-order valence-electron chi connectivity index (χ2n) is 3.38. The second kappa shape index (κ2) is 7.26. The van der Waals surface area contributed by atoms with E-state index in [-0.39, 0.29) is 6.61 Å². The number of nitrogens with zero attached hydrogens (tertiary/aromatic N) is 1. The van der Waals surface area contributed by atoms with Gasteiger partial charge in [0.05, 0.1) is 0 Å². The van der Waals surface area contributed by atoms with E-state index in [1.54, 1.807) is 0 Å². The second-order valence-corrected chi connectivity index (χ2v) is 4.29. The summed E-state index contributed by atoms with van der Waals surface area (Å²) in [6.07, 6.45) is 1.10. The zero-order valence-corrected chi connectivity index (χ0v) is 10.9. The lowest BCUT2D eigenvalue weighted by Crippen LogP contribution is -2.14. The maximum Gasteiger partial charge on any atom is 0.174 e. The molecule has 0 fully saturated rings. The molecule has 0 saturated heterocycles. The van der Waals surface area contributed by atoms with Gasteiger partial charge in [-0.2, -0.15) is 5.26 Å². The van der Waals surface area contributed by atoms with Gasteiger partial charge in [0.2, 0.25) is 0 Å². The Bertz CT molecular complexity index is 374. The van der Waals surface area contributed by atoms with Crippen LogP contribution in [0.25, 0.3) is 0 Å². The van der Waals surface area contributed by atoms with Gasteiger partial charge in [0.1, 0.15) is 11.8 Å². The first-order chi connectivity index (χ1) is 7.77. The van der Waals surface area contributed by atoms with Crippen molar-refractivity contribution in [3.63, 3.8) is 0 Å². The standard InChI is InChI=1S/C12H15BrN2O/c1-2-6-15-9-10-8-11(13)3-4-12(10)16-7-5-14/h3-4,8,15H,2,6-7,9H2,1H3. The van der Waals surface area contributed by atoms with Crippen LogP contribution in [-0.4, -0.2) is 13.2 Å². The number of hydrogen-bond acceptors (Lipinski definition) is 3. The topological polar surface area (TPSA) is 45.0 Å². The number of nitrogens with one attached hydrogen (secondary N) is 1. The molecular weight excluding hydrogens is 268 g/mol. The lowest BCUT2D eigenvalue weighted by molar-refractivity contribution is 0.362. The van der Waals surface area contributed by atoms with Crippen molar-refractivity contribution in [2.75, 3.05) is 13.2 Å². The molecule has 0 aliphatic carbocycles. The number of benzene rings is 1. The molecule has 0 unspecified atom stereocenters. The number of halogens is 1. The Balaban J connectivity index is 2.69. The van der Waals surface area contributed by atoms with Crippen LogP contribution in [0, 0.1) is 11.3 Å². The third-order valence-corrected chi connectivity index (χ3v) is 2.55. The van der Waals surface area contributed by atoms with E-state index in [9.17, 15) is 0 Å². The molecule has 86 valence electrons. The zero-order valence-electron chi connectivity index (χ0n) is 9.29. The maximum atomic E-state index is 8.49. The summed E-state index contributed by atoms with van der Waals surface area (Å²) in [6, 6.07) is 7.77. The van der Waals surface area contributed by atoms with Crippen molar-refractivity contribution < 1.29 is 4.74 Å². The molecule has 1 aromatic rings. The smallest absolute Gasteiger partial charge is 0.174 e. The van der Waals surface area contributed by atoms with Crippen LogP contribution in [0.5, 0.6) is 5.75 Å². The zero-order chi connectivity index (χ0) is 11.8. The van der Waals surface area contributed by atoms with Gasteiger partial charge < -0.3 is 10.1 Å². The van der Waals surface area contributed by atoms with Gasteiger partial charge in [-0.25, -0.2) is 0 Å². The molecule has 0 amide bonds. The Morgan fingerprint density at radius 3 is 3.00 bits per heavy atom. The molecule has 0 atom stereocenters. The van der Waals surface area contributed by atoms with Gasteiger partial charge in [0.25, 0.3) is 0 Å². The molecule has 3 nitrogen and oxygen atoms in total. The van der Waals surface area contributed by atoms with Crippen molar-refractivity contribution in [1.29, 1.82) is 5.26 Å². The SMILES string of the molecule is CCCNCc1cc(Br)ccc1OCC#N. The molecule has 0 bridgehead atoms. The monoisotopic (exact) mass is 282 g/mol. The van der Waals surface area contributed by atoms with E-state index in [0.717, 1.165) is 35.3 Å². The first-order valence-electron chi connectivity index (χ1n) is 5.26. The van der Waals surface area contributed by atoms with Crippen LogP contribution in [0.3, 0.4) is 0 Å². The molecule has 0 saturated carbocycles. The molecular formula is C12H15BrN2O. The van der Waals surface area contributed by atoms with Crippen molar-refractivity contribution >= 4 is 15.9 Å². The summed E-state index contributed by atoms with van der Waals surface area (Å²) in [4.78, 5) is 0. The van der Waals surface area contributed by atoms with Crippen LogP contribution in [0.2, 0.25) is 0 Å². The van der Waals surface area contributed by atoms with E-state index in [1.165, 1.54) is 0 Å². The van der Waals surface area contributed by atoms with E-state index in [2.05, 4.69) is 28.2 Å². The van der Waals surface area contributed by atoms with Gasteiger partial charge >= 0.3 is 0 Å². The Kier molecular flexibility index (Phi) is 5.91. The third-order valence-electron chi connectivity index (χ3n) is 2.06. The Hall–Kier alpha value is -1.05. The maximum absolute atomic E-state index is 8.49. The van der Waals surface area contributed by atoms with Crippen LogP contribution in [-0.2, 0) is 6.54 Å². The summed E-state index contributed by atoms with van der Waals surface area (Å²) in [7, 11) is 0. The number of rotatable bonds is 6. The molecule has 0 aromatic heterocycles. The van der Waals surface area contributed by atoms with Crippen molar-refractivity contribution in [3.05, 3.63) is 28.2 Å². The normalized spacial score (nSPS) is 9.81. The summed E-state index contributed by atoms with van der Waals surface area (Å²) in [5, 5.41) is 11.8. The van der Waals surface area contributed by atoms with Crippen molar-refractivity contribution in [2.45, 2.75) is 19.9 Å². The minimum atomic E-state index is 0.0857. The van der Waals surface area contributed by atoms with Crippen LogP contribution in [0.4, 0.5) is 0 Å². The molecule has 1 rings (SSSR count). The Morgan fingerprint density at radius 2 is 2.31 bits per heavy atom. The molecule has 4 heteroatoms. The Morgan fingerprint density at radius 1 is 1.50 bits per heavy atom. The number of hydrogen-bond donors (Lipinski definition) is 1. The van der Waals surface area contributed by atoms with E-state index >= 15 is 0 Å². The fraction of sp³-hybridized carbons (Fsp3) is 0.417. The highest BCUT2D eigenvalue weighted by atomic mass is 79.9. The average Bonchev–Trinajstić information content (AvgIpc) is 2.28. The molecule has 0 heterocycles. The van der Waals surface area contributed by atoms with Gasteiger partial charge in [-0.1, -0.05) is 22.9 Å². The van der Waals surface area contributed by atoms with Crippen molar-refractivity contribution in [2.24, 2.45) is 0 Å². The summed E-state index contributed by atoms with van der Waals surface area (Å²) < 4.78 is 6.37. The van der Waals surface area contributed by atoms with Crippen molar-refractivity contribution in [3.8, 4) is 11.8 Å². The molecule has 1 aromatic carbocycles. The summed E-state index contributed by atoms with van der Waals surface area (Å²) >= 11 is 3.43. The lowest BCUT2D eigenvalue weighted by Gasteiger charge is -2.10. The number of nitriles is 1. The van der Waals surface area contributed by atoms with E-state index in [0.29, 0.717) is 0 Å². The van der Waals surface area contributed by atoms with E-state index in [4.69, 9.17) is 10.00 Å². The summed E-state index contributed by atoms with van der Waals surface area (Å²) in [5.74, 6) is 0.772. The van der Waals surface area contributed by atoms with Gasteiger partial charge in [-0.3, -0.25) is 0 Å². The van der Waals surface area contributed by atoms with Crippen molar-refractivity contribution in [1.82, 2.24) is 5.32 Å². The van der Waals surface area contributed by atoms with Gasteiger partial charge in [0.15, 0.2) is 6.61 Å². The lowest BCUT2D eigenvalue weighted by atomic mass is 10.2. The summed E-state index contributed by atoms with van der Waals surface area (Å²) in [5.41, 5.74) is 1.07. The third kappa shape index (κ3) is 4.21. The van der Waals surface area contributed by atoms with E-state index in [1.807, 2.05) is 24.3 Å². The van der Waals surface area contributed by atoms with Crippen LogP contribution < -0.4 is 10.1 Å². The Labute approximate surface area is 105 Å². The van der Waals surface area contributed by atoms with E-state index < -0.39 is 0 Å². The molecule has 0 aliphatic heterocycles. The predicted octanol–water partition coefficient (Wildman–Crippen LogP) is 2.85. The fourth-order valence-electron chi connectivity index (χ4n) is 1.34. The van der Waals surface area contributed by atoms with Crippen LogP contribution in [0.1, 0.15) is 18.9 Å². The molecule has 1 N–H and O–H groups in total. The molecule has 16 heavy (non-hydrogen) atoms. The minimum absolute atomic E-state index is 0.0857. The molecule has 0 aliphatic rings. The molecule has 0 spiro atoms. The highest BCUT2D eigenvalue weighted by Gasteiger charge is 2.04. The highest BCUT2D eigenvalue weighted by molar-refractivity contribution is 9.10. The fourth-order valence-corrected chi connectivity index (χ4v) is 1.75. The van der Waals surface area contributed by atoms with Gasteiger partial charge in [0, 0.05) is 16.6 Å².